The van der Waals surface area contributed by atoms with Crippen LogP contribution in [0.2, 0.25) is 0 Å². The summed E-state index contributed by atoms with van der Waals surface area (Å²) < 4.78 is 0. The number of rotatable bonds is 1. The Labute approximate surface area is 119 Å². The first kappa shape index (κ1) is 12.9. The second-order valence-electron chi connectivity index (χ2n) is 5.85. The Balaban J connectivity index is 2.02. The molecule has 2 aromatic rings. The quantitative estimate of drug-likeness (QED) is 0.791. The minimum atomic E-state index is 0.669. The zero-order valence-electron chi connectivity index (χ0n) is 12.0. The maximum atomic E-state index is 9.36. The van der Waals surface area contributed by atoms with E-state index in [0.29, 0.717) is 5.92 Å². The van der Waals surface area contributed by atoms with Crippen LogP contribution in [0.15, 0.2) is 30.3 Å². The van der Waals surface area contributed by atoms with Gasteiger partial charge in [-0.3, -0.25) is 0 Å². The molecule has 20 heavy (non-hydrogen) atoms. The average molecular weight is 265 g/mol. The molecule has 0 N–H and O–H groups in total. The Morgan fingerprint density at radius 2 is 2.05 bits per heavy atom. The van der Waals surface area contributed by atoms with Gasteiger partial charge >= 0.3 is 0 Å². The SMILES string of the molecule is CC1CCN(c2cc(C#N)c3ccccc3n2)CC1C. The molecule has 2 atom stereocenters. The van der Waals surface area contributed by atoms with Gasteiger partial charge in [-0.05, 0) is 30.4 Å². The van der Waals surface area contributed by atoms with E-state index in [1.807, 2.05) is 30.3 Å². The number of piperidine rings is 1. The summed E-state index contributed by atoms with van der Waals surface area (Å²) >= 11 is 0. The van der Waals surface area contributed by atoms with Gasteiger partial charge in [0.15, 0.2) is 0 Å². The number of pyridine rings is 1. The molecule has 0 saturated carbocycles. The first-order chi connectivity index (χ1) is 9.69. The molecule has 1 fully saturated rings. The van der Waals surface area contributed by atoms with Crippen LogP contribution in [0.4, 0.5) is 5.82 Å². The van der Waals surface area contributed by atoms with Crippen molar-refractivity contribution in [2.24, 2.45) is 11.8 Å². The fraction of sp³-hybridized carbons (Fsp3) is 0.412. The molecule has 2 unspecified atom stereocenters. The van der Waals surface area contributed by atoms with Gasteiger partial charge in [-0.15, -0.1) is 0 Å². The number of hydrogen-bond donors (Lipinski definition) is 0. The van der Waals surface area contributed by atoms with Crippen LogP contribution in [0.3, 0.4) is 0 Å². The summed E-state index contributed by atoms with van der Waals surface area (Å²) in [6.45, 7) is 6.67. The molecule has 1 aromatic carbocycles. The van der Waals surface area contributed by atoms with Gasteiger partial charge in [0.2, 0.25) is 0 Å². The fourth-order valence-electron chi connectivity index (χ4n) is 2.89. The Bertz CT molecular complexity index is 671. The highest BCUT2D eigenvalue weighted by atomic mass is 15.2. The van der Waals surface area contributed by atoms with E-state index < -0.39 is 0 Å². The van der Waals surface area contributed by atoms with Crippen LogP contribution in [-0.4, -0.2) is 18.1 Å². The van der Waals surface area contributed by atoms with E-state index in [2.05, 4.69) is 24.8 Å². The standard InChI is InChI=1S/C17H19N3/c1-12-7-8-20(11-13(12)2)17-9-14(10-18)15-5-3-4-6-16(15)19-17/h3-6,9,12-13H,7-8,11H2,1-2H3. The minimum absolute atomic E-state index is 0.669. The van der Waals surface area contributed by atoms with E-state index in [0.717, 1.165) is 41.3 Å². The van der Waals surface area contributed by atoms with Crippen molar-refractivity contribution < 1.29 is 0 Å². The predicted molar refractivity (Wildman–Crippen MR) is 81.6 cm³/mol. The molecule has 0 aliphatic carbocycles. The van der Waals surface area contributed by atoms with Gasteiger partial charge in [-0.25, -0.2) is 4.98 Å². The molecule has 1 aliphatic heterocycles. The van der Waals surface area contributed by atoms with Crippen LogP contribution in [0, 0.1) is 23.2 Å². The Hall–Kier alpha value is -2.08. The molecule has 3 rings (SSSR count). The van der Waals surface area contributed by atoms with Crippen molar-refractivity contribution in [2.75, 3.05) is 18.0 Å². The van der Waals surface area contributed by atoms with Crippen molar-refractivity contribution in [1.29, 1.82) is 5.26 Å². The van der Waals surface area contributed by atoms with E-state index >= 15 is 0 Å². The predicted octanol–water partition coefficient (Wildman–Crippen LogP) is 3.59. The number of anilines is 1. The van der Waals surface area contributed by atoms with Gasteiger partial charge in [-0.1, -0.05) is 32.0 Å². The van der Waals surface area contributed by atoms with Crippen molar-refractivity contribution in [1.82, 2.24) is 4.98 Å². The third-order valence-corrected chi connectivity index (χ3v) is 4.48. The number of fused-ring (bicyclic) bond motifs is 1. The molecule has 102 valence electrons. The molecule has 0 bridgehead atoms. The van der Waals surface area contributed by atoms with Gasteiger partial charge in [0.1, 0.15) is 5.82 Å². The van der Waals surface area contributed by atoms with Crippen molar-refractivity contribution in [3.8, 4) is 6.07 Å². The lowest BCUT2D eigenvalue weighted by Gasteiger charge is -2.36. The lowest BCUT2D eigenvalue weighted by molar-refractivity contribution is 0.323. The maximum Gasteiger partial charge on any atom is 0.130 e. The van der Waals surface area contributed by atoms with Crippen LogP contribution in [0.1, 0.15) is 25.8 Å². The molecule has 2 heterocycles. The normalized spacial score (nSPS) is 22.8. The number of nitriles is 1. The van der Waals surface area contributed by atoms with E-state index in [9.17, 15) is 5.26 Å². The molecule has 1 aromatic heterocycles. The molecular formula is C17H19N3. The third kappa shape index (κ3) is 2.22. The summed E-state index contributed by atoms with van der Waals surface area (Å²) in [5, 5.41) is 10.3. The average Bonchev–Trinajstić information content (AvgIpc) is 2.49. The molecule has 0 radical (unpaired) electrons. The second-order valence-corrected chi connectivity index (χ2v) is 5.85. The zero-order chi connectivity index (χ0) is 14.1. The fourth-order valence-corrected chi connectivity index (χ4v) is 2.89. The molecule has 0 spiro atoms. The van der Waals surface area contributed by atoms with Crippen molar-refractivity contribution in [2.45, 2.75) is 20.3 Å². The topological polar surface area (TPSA) is 39.9 Å². The highest BCUT2D eigenvalue weighted by molar-refractivity contribution is 5.86. The number of hydrogen-bond acceptors (Lipinski definition) is 3. The summed E-state index contributed by atoms with van der Waals surface area (Å²) in [7, 11) is 0. The third-order valence-electron chi connectivity index (χ3n) is 4.48. The summed E-state index contributed by atoms with van der Waals surface area (Å²) in [5.41, 5.74) is 1.63. The highest BCUT2D eigenvalue weighted by Crippen LogP contribution is 2.28. The van der Waals surface area contributed by atoms with Crippen LogP contribution in [0.25, 0.3) is 10.9 Å². The minimum Gasteiger partial charge on any atom is -0.356 e. The smallest absolute Gasteiger partial charge is 0.130 e. The molecule has 1 saturated heterocycles. The van der Waals surface area contributed by atoms with Gasteiger partial charge in [0.25, 0.3) is 0 Å². The number of para-hydroxylation sites is 1. The monoisotopic (exact) mass is 265 g/mol. The van der Waals surface area contributed by atoms with E-state index in [-0.39, 0.29) is 0 Å². The Kier molecular flexibility index (Phi) is 3.31. The van der Waals surface area contributed by atoms with Crippen molar-refractivity contribution >= 4 is 16.7 Å². The first-order valence-electron chi connectivity index (χ1n) is 7.24. The molecule has 3 heteroatoms. The molecule has 1 aliphatic rings. The van der Waals surface area contributed by atoms with Gasteiger partial charge in [0, 0.05) is 18.5 Å². The molecule has 3 nitrogen and oxygen atoms in total. The van der Waals surface area contributed by atoms with Crippen LogP contribution in [-0.2, 0) is 0 Å². The molecular weight excluding hydrogens is 246 g/mol. The van der Waals surface area contributed by atoms with Gasteiger partial charge < -0.3 is 4.90 Å². The largest absolute Gasteiger partial charge is 0.356 e. The van der Waals surface area contributed by atoms with Gasteiger partial charge in [0.05, 0.1) is 17.1 Å². The van der Waals surface area contributed by atoms with Gasteiger partial charge in [-0.2, -0.15) is 5.26 Å². The van der Waals surface area contributed by atoms with E-state index in [1.165, 1.54) is 6.42 Å². The summed E-state index contributed by atoms with van der Waals surface area (Å²) in [4.78, 5) is 7.06. The highest BCUT2D eigenvalue weighted by Gasteiger charge is 2.24. The summed E-state index contributed by atoms with van der Waals surface area (Å²) in [6.07, 6.45) is 1.19. The lowest BCUT2D eigenvalue weighted by atomic mass is 9.88. The number of nitrogens with zero attached hydrogens (tertiary/aromatic N) is 3. The Morgan fingerprint density at radius 1 is 1.25 bits per heavy atom. The maximum absolute atomic E-state index is 9.36. The number of benzene rings is 1. The van der Waals surface area contributed by atoms with Crippen LogP contribution >= 0.6 is 0 Å². The van der Waals surface area contributed by atoms with Crippen LogP contribution < -0.4 is 4.90 Å². The number of aromatic nitrogens is 1. The zero-order valence-corrected chi connectivity index (χ0v) is 12.0. The summed E-state index contributed by atoms with van der Waals surface area (Å²) in [5.74, 6) is 2.38. The first-order valence-corrected chi connectivity index (χ1v) is 7.24. The van der Waals surface area contributed by atoms with E-state index in [1.54, 1.807) is 0 Å². The second kappa shape index (κ2) is 5.13. The van der Waals surface area contributed by atoms with Crippen molar-refractivity contribution in [3.63, 3.8) is 0 Å². The Morgan fingerprint density at radius 3 is 2.80 bits per heavy atom. The van der Waals surface area contributed by atoms with E-state index in [4.69, 9.17) is 4.98 Å². The molecule has 0 amide bonds. The lowest BCUT2D eigenvalue weighted by Crippen LogP contribution is -2.38. The van der Waals surface area contributed by atoms with Crippen molar-refractivity contribution in [3.05, 3.63) is 35.9 Å². The summed E-state index contributed by atoms with van der Waals surface area (Å²) in [6, 6.07) is 12.1. The van der Waals surface area contributed by atoms with Crippen LogP contribution in [0.5, 0.6) is 0 Å².